The van der Waals surface area contributed by atoms with Gasteiger partial charge in [-0.1, -0.05) is 56.3 Å². The molecule has 3 rings (SSSR count). The topological polar surface area (TPSA) is 62.0 Å². The normalized spacial score (nSPS) is 14.7. The maximum atomic E-state index is 9.91. The van der Waals surface area contributed by atoms with Crippen molar-refractivity contribution in [3.63, 3.8) is 0 Å². The second kappa shape index (κ2) is 9.79. The number of hydrogen-bond donors (Lipinski definition) is 0. The molecular weight excluding hydrogens is 368 g/mol. The Kier molecular flexibility index (Phi) is 7.16. The first-order valence-corrected chi connectivity index (χ1v) is 11.3. The SMILES string of the molecule is CCCC(CC)Oc1nc(SC)nc(N2CCc3ccccc3CC2)c1C#N. The van der Waals surface area contributed by atoms with Gasteiger partial charge >= 0.3 is 0 Å². The highest BCUT2D eigenvalue weighted by atomic mass is 32.2. The maximum absolute atomic E-state index is 9.91. The Labute approximate surface area is 172 Å². The first-order valence-electron chi connectivity index (χ1n) is 10.0. The maximum Gasteiger partial charge on any atom is 0.238 e. The molecule has 0 fully saturated rings. The number of aromatic nitrogens is 2. The molecule has 0 aliphatic carbocycles. The lowest BCUT2D eigenvalue weighted by Gasteiger charge is -2.24. The fraction of sp³-hybridized carbons (Fsp3) is 0.500. The number of rotatable bonds is 7. The molecule has 0 amide bonds. The largest absolute Gasteiger partial charge is 0.473 e. The second-order valence-corrected chi connectivity index (χ2v) is 7.79. The van der Waals surface area contributed by atoms with Gasteiger partial charge in [0, 0.05) is 13.1 Å². The summed E-state index contributed by atoms with van der Waals surface area (Å²) in [6.45, 7) is 5.92. The Bertz CT molecular complexity index is 822. The Morgan fingerprint density at radius 2 is 1.86 bits per heavy atom. The van der Waals surface area contributed by atoms with E-state index in [9.17, 15) is 5.26 Å². The van der Waals surface area contributed by atoms with Crippen molar-refractivity contribution >= 4 is 17.6 Å². The van der Waals surface area contributed by atoms with Crippen LogP contribution in [0.3, 0.4) is 0 Å². The van der Waals surface area contributed by atoms with E-state index in [0.717, 1.165) is 45.2 Å². The predicted octanol–water partition coefficient (Wildman–Crippen LogP) is 4.63. The molecule has 0 spiro atoms. The average Bonchev–Trinajstić information content (AvgIpc) is 2.95. The van der Waals surface area contributed by atoms with Crippen molar-refractivity contribution in [1.29, 1.82) is 5.26 Å². The average molecular weight is 397 g/mol. The van der Waals surface area contributed by atoms with Crippen molar-refractivity contribution in [1.82, 2.24) is 9.97 Å². The van der Waals surface area contributed by atoms with Crippen molar-refractivity contribution in [3.8, 4) is 11.9 Å². The van der Waals surface area contributed by atoms with Crippen LogP contribution in [0.4, 0.5) is 5.82 Å². The number of benzene rings is 1. The molecule has 1 aromatic heterocycles. The zero-order valence-corrected chi connectivity index (χ0v) is 17.8. The number of fused-ring (bicyclic) bond motifs is 1. The highest BCUT2D eigenvalue weighted by Crippen LogP contribution is 2.31. The van der Waals surface area contributed by atoms with Crippen LogP contribution in [0, 0.1) is 11.3 Å². The van der Waals surface area contributed by atoms with Gasteiger partial charge in [0.1, 0.15) is 12.2 Å². The smallest absolute Gasteiger partial charge is 0.238 e. The van der Waals surface area contributed by atoms with Gasteiger partial charge in [-0.25, -0.2) is 4.98 Å². The minimum absolute atomic E-state index is 0.0722. The molecular formula is C22H28N4OS. The van der Waals surface area contributed by atoms with Crippen LogP contribution in [-0.4, -0.2) is 35.4 Å². The van der Waals surface area contributed by atoms with Crippen LogP contribution in [0.2, 0.25) is 0 Å². The molecule has 2 heterocycles. The number of hydrogen-bond acceptors (Lipinski definition) is 6. The van der Waals surface area contributed by atoms with E-state index in [1.54, 1.807) is 0 Å². The highest BCUT2D eigenvalue weighted by Gasteiger charge is 2.24. The monoisotopic (exact) mass is 396 g/mol. The standard InChI is InChI=1S/C22H28N4OS/c1-4-8-18(5-2)27-21-19(15-23)20(24-22(25-21)28-3)26-13-11-16-9-6-7-10-17(16)12-14-26/h6-7,9-10,18H,4-5,8,11-14H2,1-3H3. The Hall–Kier alpha value is -2.26. The number of anilines is 1. The lowest BCUT2D eigenvalue weighted by molar-refractivity contribution is 0.176. The van der Waals surface area contributed by atoms with Crippen LogP contribution < -0.4 is 9.64 Å². The highest BCUT2D eigenvalue weighted by molar-refractivity contribution is 7.98. The molecule has 1 atom stereocenters. The molecule has 5 nitrogen and oxygen atoms in total. The lowest BCUT2D eigenvalue weighted by Crippen LogP contribution is -2.29. The molecule has 28 heavy (non-hydrogen) atoms. The first-order chi connectivity index (χ1) is 13.7. The number of ether oxygens (including phenoxy) is 1. The van der Waals surface area contributed by atoms with Crippen molar-refractivity contribution in [3.05, 3.63) is 41.0 Å². The van der Waals surface area contributed by atoms with Gasteiger partial charge in [-0.3, -0.25) is 0 Å². The summed E-state index contributed by atoms with van der Waals surface area (Å²) in [4.78, 5) is 11.5. The van der Waals surface area contributed by atoms with Gasteiger partial charge in [-0.05, 0) is 43.1 Å². The molecule has 1 aliphatic heterocycles. The van der Waals surface area contributed by atoms with Gasteiger partial charge < -0.3 is 9.64 Å². The van der Waals surface area contributed by atoms with E-state index in [4.69, 9.17) is 9.72 Å². The van der Waals surface area contributed by atoms with Crippen LogP contribution in [0.25, 0.3) is 0 Å². The van der Waals surface area contributed by atoms with Crippen molar-refractivity contribution in [2.75, 3.05) is 24.2 Å². The minimum atomic E-state index is 0.0722. The van der Waals surface area contributed by atoms with Crippen LogP contribution in [-0.2, 0) is 12.8 Å². The van der Waals surface area contributed by atoms with E-state index in [1.807, 2.05) is 6.26 Å². The molecule has 1 aliphatic rings. The minimum Gasteiger partial charge on any atom is -0.473 e. The van der Waals surface area contributed by atoms with E-state index in [0.29, 0.717) is 22.4 Å². The molecule has 0 N–H and O–H groups in total. The molecule has 6 heteroatoms. The quantitative estimate of drug-likeness (QED) is 0.502. The number of nitriles is 1. The summed E-state index contributed by atoms with van der Waals surface area (Å²) in [6, 6.07) is 10.9. The van der Waals surface area contributed by atoms with Gasteiger partial charge in [0.05, 0.1) is 0 Å². The zero-order chi connectivity index (χ0) is 19.9. The van der Waals surface area contributed by atoms with Gasteiger partial charge in [-0.2, -0.15) is 10.2 Å². The summed E-state index contributed by atoms with van der Waals surface area (Å²) in [6.07, 6.45) is 6.81. The van der Waals surface area contributed by atoms with Crippen LogP contribution >= 0.6 is 11.8 Å². The fourth-order valence-electron chi connectivity index (χ4n) is 3.62. The van der Waals surface area contributed by atoms with E-state index in [2.05, 4.69) is 54.1 Å². The zero-order valence-electron chi connectivity index (χ0n) is 16.9. The van der Waals surface area contributed by atoms with Crippen molar-refractivity contribution in [2.45, 2.75) is 57.2 Å². The third kappa shape index (κ3) is 4.59. The summed E-state index contributed by atoms with van der Waals surface area (Å²) in [5.41, 5.74) is 3.22. The summed E-state index contributed by atoms with van der Waals surface area (Å²) >= 11 is 1.48. The Balaban J connectivity index is 1.94. The molecule has 2 aromatic rings. The van der Waals surface area contributed by atoms with E-state index in [-0.39, 0.29) is 6.10 Å². The van der Waals surface area contributed by atoms with Gasteiger partial charge in [0.2, 0.25) is 5.88 Å². The molecule has 1 unspecified atom stereocenters. The molecule has 0 saturated carbocycles. The van der Waals surface area contributed by atoms with Gasteiger partial charge in [-0.15, -0.1) is 0 Å². The predicted molar refractivity (Wildman–Crippen MR) is 114 cm³/mol. The van der Waals surface area contributed by atoms with Crippen LogP contribution in [0.5, 0.6) is 5.88 Å². The molecule has 148 valence electrons. The number of nitrogens with zero attached hydrogens (tertiary/aromatic N) is 4. The Morgan fingerprint density at radius 1 is 1.18 bits per heavy atom. The third-order valence-corrected chi connectivity index (χ3v) is 5.74. The molecule has 0 bridgehead atoms. The fourth-order valence-corrected chi connectivity index (χ4v) is 3.97. The van der Waals surface area contributed by atoms with Gasteiger partial charge in [0.15, 0.2) is 16.5 Å². The van der Waals surface area contributed by atoms with E-state index in [1.165, 1.54) is 22.9 Å². The van der Waals surface area contributed by atoms with Crippen molar-refractivity contribution < 1.29 is 4.74 Å². The van der Waals surface area contributed by atoms with E-state index >= 15 is 0 Å². The van der Waals surface area contributed by atoms with Gasteiger partial charge in [0.25, 0.3) is 0 Å². The first kappa shape index (κ1) is 20.5. The Morgan fingerprint density at radius 3 is 2.39 bits per heavy atom. The third-order valence-electron chi connectivity index (χ3n) is 5.19. The summed E-state index contributed by atoms with van der Waals surface area (Å²) in [7, 11) is 0. The summed E-state index contributed by atoms with van der Waals surface area (Å²) in [5, 5.41) is 10.6. The summed E-state index contributed by atoms with van der Waals surface area (Å²) < 4.78 is 6.18. The van der Waals surface area contributed by atoms with Crippen LogP contribution in [0.15, 0.2) is 29.4 Å². The number of thioether (sulfide) groups is 1. The lowest BCUT2D eigenvalue weighted by atomic mass is 10.0. The van der Waals surface area contributed by atoms with E-state index < -0.39 is 0 Å². The molecule has 0 saturated heterocycles. The summed E-state index contributed by atoms with van der Waals surface area (Å²) in [5.74, 6) is 1.13. The van der Waals surface area contributed by atoms with Crippen LogP contribution in [0.1, 0.15) is 49.8 Å². The second-order valence-electron chi connectivity index (χ2n) is 7.02. The molecule has 0 radical (unpaired) electrons. The van der Waals surface area contributed by atoms with Crippen molar-refractivity contribution in [2.24, 2.45) is 0 Å². The molecule has 1 aromatic carbocycles.